The van der Waals surface area contributed by atoms with Crippen LogP contribution in [0, 0.1) is 0 Å². The SMILES string of the molecule is CC/C=C\C/C=C\C/C=C\C/C=C\C/C=C\C/C=C\C/C=C\CCCCCCCCCC(=O)OC(COC(=O)CCCCCCC/C=C\CCCCCCCC)COP(=O)(O)OCC[N+](C)(C)C. The second-order valence-electron chi connectivity index (χ2n) is 18.9. The van der Waals surface area contributed by atoms with E-state index in [-0.39, 0.29) is 32.0 Å². The van der Waals surface area contributed by atoms with Gasteiger partial charge in [0.15, 0.2) is 6.10 Å². The lowest BCUT2D eigenvalue weighted by atomic mass is 10.1. The molecule has 0 rings (SSSR count). The molecule has 0 saturated heterocycles. The molecule has 9 nitrogen and oxygen atoms in total. The van der Waals surface area contributed by atoms with Crippen molar-refractivity contribution in [3.8, 4) is 0 Å². The highest BCUT2D eigenvalue weighted by molar-refractivity contribution is 7.47. The summed E-state index contributed by atoms with van der Waals surface area (Å²) in [4.78, 5) is 35.6. The van der Waals surface area contributed by atoms with Gasteiger partial charge in [-0.25, -0.2) is 4.57 Å². The number of carbonyl (C=O) groups is 2. The van der Waals surface area contributed by atoms with Gasteiger partial charge in [-0.15, -0.1) is 0 Å². The average molecular weight is 971 g/mol. The summed E-state index contributed by atoms with van der Waals surface area (Å²) in [7, 11) is 1.45. The summed E-state index contributed by atoms with van der Waals surface area (Å²) >= 11 is 0. The minimum Gasteiger partial charge on any atom is -0.462 e. The third-order valence-corrected chi connectivity index (χ3v) is 12.1. The monoisotopic (exact) mass is 971 g/mol. The molecule has 0 aromatic heterocycles. The zero-order chi connectivity index (χ0) is 49.9. The maximum absolute atomic E-state index is 12.8. The summed E-state index contributed by atoms with van der Waals surface area (Å²) in [6, 6.07) is 0. The average Bonchev–Trinajstić information content (AvgIpc) is 3.30. The van der Waals surface area contributed by atoms with Crippen LogP contribution in [0.4, 0.5) is 0 Å². The Morgan fingerprint density at radius 2 is 0.838 bits per heavy atom. The molecular weight excluding hydrogens is 870 g/mol. The number of phosphoric ester groups is 1. The Hall–Kier alpha value is -3.07. The molecule has 0 fully saturated rings. The fourth-order valence-electron chi connectivity index (χ4n) is 6.93. The van der Waals surface area contributed by atoms with Crippen LogP contribution in [0.5, 0.6) is 0 Å². The highest BCUT2D eigenvalue weighted by atomic mass is 31.2. The lowest BCUT2D eigenvalue weighted by molar-refractivity contribution is -0.870. The Morgan fingerprint density at radius 1 is 0.471 bits per heavy atom. The molecule has 0 aromatic carbocycles. The second-order valence-corrected chi connectivity index (χ2v) is 20.3. The van der Waals surface area contributed by atoms with Gasteiger partial charge in [-0.05, 0) is 96.3 Å². The molecule has 390 valence electrons. The van der Waals surface area contributed by atoms with Gasteiger partial charge in [-0.2, -0.15) is 0 Å². The van der Waals surface area contributed by atoms with Crippen LogP contribution in [0.15, 0.2) is 97.2 Å². The van der Waals surface area contributed by atoms with E-state index in [4.69, 9.17) is 18.5 Å². The standard InChI is InChI=1S/C58H100NO8P/c1-6-8-10-12-14-16-18-20-22-23-24-25-26-27-28-29-30-31-32-33-34-35-37-39-41-43-45-47-49-51-58(61)67-56(55-66-68(62,63)65-53-52-59(3,4)5)54-64-57(60)50-48-46-44-42-40-38-36-21-19-17-15-13-11-9-7-2/h8,10,14,16,20-22,24-25,27-28,30-31,33-34,36,56H,6-7,9,11-13,15,17-19,23,26,29,32,35,37-55H2,1-5H3/p+1/b10-8-,16-14-,22-20-,25-24-,28-27-,31-30-,34-33-,36-21-. The molecule has 1 N–H and O–H groups in total. The van der Waals surface area contributed by atoms with Crippen molar-refractivity contribution in [3.05, 3.63) is 97.2 Å². The van der Waals surface area contributed by atoms with E-state index in [0.717, 1.165) is 109 Å². The van der Waals surface area contributed by atoms with Crippen LogP contribution in [0.1, 0.15) is 206 Å². The van der Waals surface area contributed by atoms with Gasteiger partial charge in [0.05, 0.1) is 27.7 Å². The van der Waals surface area contributed by atoms with Gasteiger partial charge in [-0.3, -0.25) is 18.6 Å². The Bertz CT molecular complexity index is 1470. The Balaban J connectivity index is 4.25. The van der Waals surface area contributed by atoms with E-state index >= 15 is 0 Å². The molecule has 0 amide bonds. The minimum absolute atomic E-state index is 0.0233. The third kappa shape index (κ3) is 52.3. The van der Waals surface area contributed by atoms with E-state index in [1.54, 1.807) is 0 Å². The lowest BCUT2D eigenvalue weighted by Gasteiger charge is -2.24. The van der Waals surface area contributed by atoms with E-state index < -0.39 is 26.5 Å². The Kier molecular flexibility index (Phi) is 46.7. The van der Waals surface area contributed by atoms with Crippen molar-refractivity contribution >= 4 is 19.8 Å². The van der Waals surface area contributed by atoms with Gasteiger partial charge in [0.2, 0.25) is 0 Å². The van der Waals surface area contributed by atoms with Gasteiger partial charge in [0.25, 0.3) is 0 Å². The first-order valence-electron chi connectivity index (χ1n) is 27.0. The Labute approximate surface area is 417 Å². The number of hydrogen-bond donors (Lipinski definition) is 1. The molecule has 0 aliphatic heterocycles. The molecule has 2 unspecified atom stereocenters. The van der Waals surface area contributed by atoms with E-state index in [1.807, 2.05) is 21.1 Å². The highest BCUT2D eigenvalue weighted by Crippen LogP contribution is 2.43. The molecule has 0 aliphatic carbocycles. The number of esters is 2. The first kappa shape index (κ1) is 64.9. The molecule has 68 heavy (non-hydrogen) atoms. The number of unbranched alkanes of at least 4 members (excludes halogenated alkanes) is 18. The minimum atomic E-state index is -4.39. The zero-order valence-electron chi connectivity index (χ0n) is 44.1. The topological polar surface area (TPSA) is 108 Å². The summed E-state index contributed by atoms with van der Waals surface area (Å²) < 4.78 is 34.5. The van der Waals surface area contributed by atoms with Crippen molar-refractivity contribution in [1.82, 2.24) is 0 Å². The van der Waals surface area contributed by atoms with Crippen molar-refractivity contribution < 1.29 is 42.1 Å². The molecule has 0 spiro atoms. The molecule has 0 heterocycles. The predicted molar refractivity (Wildman–Crippen MR) is 288 cm³/mol. The van der Waals surface area contributed by atoms with Crippen LogP contribution in [-0.2, 0) is 32.7 Å². The lowest BCUT2D eigenvalue weighted by Crippen LogP contribution is -2.37. The molecular formula is C58H101NO8P+. The van der Waals surface area contributed by atoms with Crippen LogP contribution in [0.3, 0.4) is 0 Å². The number of phosphoric acid groups is 1. The summed E-state index contributed by atoms with van der Waals surface area (Å²) in [6.07, 6.45) is 66.0. The third-order valence-electron chi connectivity index (χ3n) is 11.1. The number of nitrogens with zero attached hydrogens (tertiary/aromatic N) is 1. The maximum atomic E-state index is 12.8. The second kappa shape index (κ2) is 48.9. The fourth-order valence-corrected chi connectivity index (χ4v) is 7.67. The van der Waals surface area contributed by atoms with Crippen LogP contribution in [-0.4, -0.2) is 74.9 Å². The number of ether oxygens (including phenoxy) is 2. The van der Waals surface area contributed by atoms with Gasteiger partial charge in [0.1, 0.15) is 19.8 Å². The van der Waals surface area contributed by atoms with Crippen LogP contribution in [0.25, 0.3) is 0 Å². The molecule has 0 bridgehead atoms. The van der Waals surface area contributed by atoms with Gasteiger partial charge in [0, 0.05) is 12.8 Å². The first-order chi connectivity index (χ1) is 33.0. The summed E-state index contributed by atoms with van der Waals surface area (Å²) in [5.41, 5.74) is 0. The molecule has 10 heteroatoms. The molecule has 0 aliphatic rings. The normalized spacial score (nSPS) is 14.1. The number of rotatable bonds is 48. The van der Waals surface area contributed by atoms with Crippen molar-refractivity contribution in [2.75, 3.05) is 47.5 Å². The molecule has 0 saturated carbocycles. The molecule has 0 radical (unpaired) electrons. The zero-order valence-corrected chi connectivity index (χ0v) is 45.0. The molecule has 0 aromatic rings. The number of carbonyl (C=O) groups excluding carboxylic acids is 2. The first-order valence-corrected chi connectivity index (χ1v) is 28.5. The Morgan fingerprint density at radius 3 is 1.26 bits per heavy atom. The van der Waals surface area contributed by atoms with Crippen LogP contribution >= 0.6 is 7.82 Å². The summed E-state index contributed by atoms with van der Waals surface area (Å²) in [5, 5.41) is 0. The van der Waals surface area contributed by atoms with Crippen molar-refractivity contribution in [3.63, 3.8) is 0 Å². The van der Waals surface area contributed by atoms with Gasteiger partial charge >= 0.3 is 19.8 Å². The quantitative estimate of drug-likeness (QED) is 0.0211. The smallest absolute Gasteiger partial charge is 0.462 e. The maximum Gasteiger partial charge on any atom is 0.472 e. The predicted octanol–water partition coefficient (Wildman–Crippen LogP) is 16.5. The van der Waals surface area contributed by atoms with E-state index in [0.29, 0.717) is 17.4 Å². The van der Waals surface area contributed by atoms with Crippen molar-refractivity contribution in [2.24, 2.45) is 0 Å². The number of likely N-dealkylation sites (N-methyl/N-ethyl adjacent to an activating group) is 1. The van der Waals surface area contributed by atoms with Crippen LogP contribution < -0.4 is 0 Å². The largest absolute Gasteiger partial charge is 0.472 e. The number of hydrogen-bond acceptors (Lipinski definition) is 7. The van der Waals surface area contributed by atoms with E-state index in [2.05, 4.69) is 111 Å². The fraction of sp³-hybridized carbons (Fsp3) is 0.690. The van der Waals surface area contributed by atoms with Crippen LogP contribution in [0.2, 0.25) is 0 Å². The van der Waals surface area contributed by atoms with Gasteiger partial charge in [-0.1, -0.05) is 195 Å². The molecule has 2 atom stereocenters. The summed E-state index contributed by atoms with van der Waals surface area (Å²) in [5.74, 6) is -0.826. The number of allylic oxidation sites excluding steroid dienone is 16. The van der Waals surface area contributed by atoms with Crippen molar-refractivity contribution in [2.45, 2.75) is 213 Å². The highest BCUT2D eigenvalue weighted by Gasteiger charge is 2.27. The van der Waals surface area contributed by atoms with Gasteiger partial charge < -0.3 is 18.9 Å². The summed E-state index contributed by atoms with van der Waals surface area (Å²) in [6.45, 7) is 4.28. The number of quaternary nitrogens is 1. The van der Waals surface area contributed by atoms with E-state index in [9.17, 15) is 19.0 Å². The van der Waals surface area contributed by atoms with Crippen molar-refractivity contribution in [1.29, 1.82) is 0 Å². The van der Waals surface area contributed by atoms with E-state index in [1.165, 1.54) is 64.2 Å².